The van der Waals surface area contributed by atoms with Crippen molar-refractivity contribution in [3.63, 3.8) is 0 Å². The molecule has 0 saturated heterocycles. The van der Waals surface area contributed by atoms with E-state index in [2.05, 4.69) is 15.3 Å². The Kier molecular flexibility index (Phi) is 7.21. The molecule has 3 aromatic carbocycles. The summed E-state index contributed by atoms with van der Waals surface area (Å²) in [4.78, 5) is 35.7. The predicted molar refractivity (Wildman–Crippen MR) is 159 cm³/mol. The van der Waals surface area contributed by atoms with Crippen LogP contribution in [0.3, 0.4) is 0 Å². The number of carbonyl (C=O) groups excluding carboxylic acids is 2. The number of anilines is 2. The molecule has 3 heterocycles. The maximum atomic E-state index is 13.7. The topological polar surface area (TPSA) is 117 Å². The fourth-order valence-electron chi connectivity index (χ4n) is 5.24. The van der Waals surface area contributed by atoms with Gasteiger partial charge in [0.2, 0.25) is 0 Å². The van der Waals surface area contributed by atoms with Gasteiger partial charge in [0.25, 0.3) is 11.8 Å². The lowest BCUT2D eigenvalue weighted by Gasteiger charge is -2.17. The molecular weight excluding hydrogens is 544 g/mol. The highest BCUT2D eigenvalue weighted by molar-refractivity contribution is 6.19. The molecule has 1 atom stereocenters. The minimum absolute atomic E-state index is 0.0728. The van der Waals surface area contributed by atoms with Crippen LogP contribution in [-0.4, -0.2) is 59.6 Å². The van der Waals surface area contributed by atoms with Gasteiger partial charge in [0.15, 0.2) is 0 Å². The average molecular weight is 571 g/mol. The van der Waals surface area contributed by atoms with Gasteiger partial charge in [-0.2, -0.15) is 0 Å². The van der Waals surface area contributed by atoms with E-state index in [4.69, 9.17) is 21.1 Å². The Balaban J connectivity index is 1.22. The number of nitrogens with zero attached hydrogens (tertiary/aromatic N) is 2. The molecule has 208 valence electrons. The van der Waals surface area contributed by atoms with Gasteiger partial charge in [-0.05, 0) is 47.3 Å². The van der Waals surface area contributed by atoms with Gasteiger partial charge in [-0.15, -0.1) is 11.6 Å². The number of rotatable bonds is 8. The van der Waals surface area contributed by atoms with Crippen LogP contribution in [0.5, 0.6) is 11.5 Å². The van der Waals surface area contributed by atoms with Gasteiger partial charge < -0.3 is 29.8 Å². The van der Waals surface area contributed by atoms with Crippen LogP contribution in [0.1, 0.15) is 32.3 Å². The molecule has 0 spiro atoms. The summed E-state index contributed by atoms with van der Waals surface area (Å²) in [5.74, 6) is 0.467. The third-order valence-electron chi connectivity index (χ3n) is 7.21. The minimum Gasteiger partial charge on any atom is -0.507 e. The van der Waals surface area contributed by atoms with E-state index in [0.29, 0.717) is 65.1 Å². The van der Waals surface area contributed by atoms with Crippen LogP contribution < -0.4 is 15.0 Å². The van der Waals surface area contributed by atoms with Gasteiger partial charge in [-0.25, -0.2) is 4.98 Å². The predicted octanol–water partition coefficient (Wildman–Crippen LogP) is 5.68. The molecule has 2 amide bonds. The molecule has 2 aromatic heterocycles. The van der Waals surface area contributed by atoms with E-state index in [-0.39, 0.29) is 23.5 Å². The molecule has 0 radical (unpaired) electrons. The first-order chi connectivity index (χ1) is 20.0. The average Bonchev–Trinajstić information content (AvgIpc) is 3.59. The second-order valence-corrected chi connectivity index (χ2v) is 10.1. The number of hydrogen-bond acceptors (Lipinski definition) is 6. The lowest BCUT2D eigenvalue weighted by molar-refractivity contribution is 0.0983. The number of H-pyrrole nitrogens is 1. The van der Waals surface area contributed by atoms with Crippen molar-refractivity contribution in [2.75, 3.05) is 43.0 Å². The van der Waals surface area contributed by atoms with E-state index < -0.39 is 0 Å². The van der Waals surface area contributed by atoms with E-state index in [1.807, 2.05) is 24.3 Å². The van der Waals surface area contributed by atoms with E-state index in [1.54, 1.807) is 54.5 Å². The van der Waals surface area contributed by atoms with Crippen molar-refractivity contribution >= 4 is 56.6 Å². The van der Waals surface area contributed by atoms with Gasteiger partial charge in [-0.1, -0.05) is 24.3 Å². The summed E-state index contributed by atoms with van der Waals surface area (Å²) < 4.78 is 10.5. The third-order valence-corrected chi connectivity index (χ3v) is 7.58. The van der Waals surface area contributed by atoms with E-state index >= 15 is 0 Å². The summed E-state index contributed by atoms with van der Waals surface area (Å²) in [5.41, 5.74) is 3.41. The molecule has 9 nitrogen and oxygen atoms in total. The van der Waals surface area contributed by atoms with Gasteiger partial charge in [0.1, 0.15) is 29.4 Å². The fraction of sp³-hybridized carbons (Fsp3) is 0.194. The summed E-state index contributed by atoms with van der Waals surface area (Å²) in [6.45, 7) is 1.29. The van der Waals surface area contributed by atoms with Crippen molar-refractivity contribution in [3.05, 3.63) is 89.7 Å². The summed E-state index contributed by atoms with van der Waals surface area (Å²) in [6.07, 6.45) is 1.53. The Morgan fingerprint density at radius 3 is 2.63 bits per heavy atom. The van der Waals surface area contributed by atoms with Crippen LogP contribution in [0.25, 0.3) is 21.8 Å². The molecule has 0 unspecified atom stereocenters. The van der Waals surface area contributed by atoms with Crippen molar-refractivity contribution in [2.24, 2.45) is 0 Å². The second kappa shape index (κ2) is 11.1. The number of carbonyl (C=O) groups is 2. The molecule has 1 aliphatic heterocycles. The van der Waals surface area contributed by atoms with E-state index in [9.17, 15) is 14.7 Å². The molecule has 1 aliphatic rings. The zero-order valence-corrected chi connectivity index (χ0v) is 22.9. The lowest BCUT2D eigenvalue weighted by Crippen LogP contribution is -2.30. The van der Waals surface area contributed by atoms with Crippen LogP contribution >= 0.6 is 11.6 Å². The number of nitrogens with one attached hydrogen (secondary N) is 2. The number of phenols is 1. The number of ether oxygens (including phenoxy) is 2. The monoisotopic (exact) mass is 570 g/mol. The highest BCUT2D eigenvalue weighted by atomic mass is 35.5. The standard InChI is InChI=1S/C31H27ClN4O5/c1-40-10-11-41-22-8-6-18(7-9-22)30(38)34-21-12-19-13-25(35-29(19)33-16-21)31(39)36-17-20(15-32)28-24-5-3-2-4-23(24)27(37)14-26(28)36/h2-9,12-14,16,20,37H,10-11,15,17H2,1H3,(H,33,35)(H,34,38)/t20-/m1/s1. The number of alkyl halides is 1. The SMILES string of the molecule is COCCOc1ccc(C(=O)Nc2cnc3[nH]c(C(=O)N4C[C@@H](CCl)c5c4cc(O)c4ccccc54)cc3c2)cc1. The summed E-state index contributed by atoms with van der Waals surface area (Å²) >= 11 is 6.33. The molecule has 0 saturated carbocycles. The van der Waals surface area contributed by atoms with Gasteiger partial charge in [-0.3, -0.25) is 9.59 Å². The molecule has 3 N–H and O–H groups in total. The maximum Gasteiger partial charge on any atom is 0.274 e. The number of methoxy groups -OCH3 is 1. The number of fused-ring (bicyclic) bond motifs is 4. The van der Waals surface area contributed by atoms with Crippen molar-refractivity contribution < 1.29 is 24.2 Å². The largest absolute Gasteiger partial charge is 0.507 e. The van der Waals surface area contributed by atoms with Gasteiger partial charge in [0, 0.05) is 47.9 Å². The summed E-state index contributed by atoms with van der Waals surface area (Å²) in [5, 5.41) is 15.8. The molecule has 6 rings (SSSR count). The van der Waals surface area contributed by atoms with Gasteiger partial charge >= 0.3 is 0 Å². The number of phenolic OH excluding ortho intramolecular Hbond substituents is 1. The van der Waals surface area contributed by atoms with E-state index in [1.165, 1.54) is 6.20 Å². The van der Waals surface area contributed by atoms with Crippen molar-refractivity contribution in [3.8, 4) is 11.5 Å². The molecule has 0 fully saturated rings. The van der Waals surface area contributed by atoms with Crippen LogP contribution in [0, 0.1) is 0 Å². The molecular formula is C31H27ClN4O5. The maximum absolute atomic E-state index is 13.7. The van der Waals surface area contributed by atoms with Crippen LogP contribution in [-0.2, 0) is 4.74 Å². The van der Waals surface area contributed by atoms with Crippen LogP contribution in [0.15, 0.2) is 72.9 Å². The quantitative estimate of drug-likeness (QED) is 0.163. The first-order valence-corrected chi connectivity index (χ1v) is 13.6. The normalized spacial score (nSPS) is 14.4. The smallest absolute Gasteiger partial charge is 0.274 e. The van der Waals surface area contributed by atoms with E-state index in [0.717, 1.165) is 16.3 Å². The molecule has 41 heavy (non-hydrogen) atoms. The Labute approximate surface area is 240 Å². The van der Waals surface area contributed by atoms with Crippen molar-refractivity contribution in [1.29, 1.82) is 0 Å². The Hall–Kier alpha value is -4.60. The molecule has 10 heteroatoms. The lowest BCUT2D eigenvalue weighted by atomic mass is 9.95. The summed E-state index contributed by atoms with van der Waals surface area (Å²) in [6, 6.07) is 19.5. The second-order valence-electron chi connectivity index (χ2n) is 9.81. The fourth-order valence-corrected chi connectivity index (χ4v) is 5.49. The third kappa shape index (κ3) is 5.05. The number of pyridine rings is 1. The Morgan fingerprint density at radius 2 is 1.88 bits per heavy atom. The zero-order chi connectivity index (χ0) is 28.5. The van der Waals surface area contributed by atoms with Crippen molar-refractivity contribution in [2.45, 2.75) is 5.92 Å². The summed E-state index contributed by atoms with van der Waals surface area (Å²) in [7, 11) is 1.60. The Bertz CT molecular complexity index is 1770. The molecule has 5 aromatic rings. The molecule has 0 bridgehead atoms. The van der Waals surface area contributed by atoms with Crippen LogP contribution in [0.4, 0.5) is 11.4 Å². The number of hydrogen-bond donors (Lipinski definition) is 3. The number of aromatic amines is 1. The highest BCUT2D eigenvalue weighted by Gasteiger charge is 2.35. The highest BCUT2D eigenvalue weighted by Crippen LogP contribution is 2.45. The number of aromatic hydroxyl groups is 1. The number of amides is 2. The van der Waals surface area contributed by atoms with Gasteiger partial charge in [0.05, 0.1) is 24.2 Å². The minimum atomic E-state index is -0.297. The Morgan fingerprint density at radius 1 is 1.10 bits per heavy atom. The van der Waals surface area contributed by atoms with Crippen molar-refractivity contribution in [1.82, 2.24) is 9.97 Å². The zero-order valence-electron chi connectivity index (χ0n) is 22.2. The number of aromatic nitrogens is 2. The number of benzene rings is 3. The first-order valence-electron chi connectivity index (χ1n) is 13.1. The first kappa shape index (κ1) is 26.6. The molecule has 0 aliphatic carbocycles. The number of halogens is 1. The van der Waals surface area contributed by atoms with Crippen LogP contribution in [0.2, 0.25) is 0 Å².